The third kappa shape index (κ3) is 6.76. The van der Waals surface area contributed by atoms with Gasteiger partial charge >= 0.3 is 5.97 Å². The van der Waals surface area contributed by atoms with Crippen molar-refractivity contribution in [1.82, 2.24) is 0 Å². The first-order chi connectivity index (χ1) is 15.6. The molecule has 33 heavy (non-hydrogen) atoms. The Morgan fingerprint density at radius 2 is 1.18 bits per heavy atom. The van der Waals surface area contributed by atoms with E-state index in [-0.39, 0.29) is 23.0 Å². The molecular formula is C29H32BrO2P. The summed E-state index contributed by atoms with van der Waals surface area (Å²) in [5, 5.41) is 4.17. The number of carbonyl (C=O) groups excluding carboxylic acids is 1. The van der Waals surface area contributed by atoms with Gasteiger partial charge in [-0.2, -0.15) is 0 Å². The zero-order chi connectivity index (χ0) is 22.8. The van der Waals surface area contributed by atoms with E-state index in [9.17, 15) is 4.79 Å². The van der Waals surface area contributed by atoms with E-state index in [0.717, 1.165) is 19.0 Å². The number of carbonyl (C=O) groups is 1. The molecule has 0 unspecified atom stereocenters. The maximum atomic E-state index is 11.6. The average molecular weight is 523 g/mol. The van der Waals surface area contributed by atoms with E-state index in [1.165, 1.54) is 28.6 Å². The molecule has 4 heteroatoms. The van der Waals surface area contributed by atoms with Crippen LogP contribution in [0.15, 0.2) is 114 Å². The van der Waals surface area contributed by atoms with Crippen molar-refractivity contribution in [3.05, 3.63) is 114 Å². The van der Waals surface area contributed by atoms with Crippen LogP contribution in [0.4, 0.5) is 0 Å². The minimum absolute atomic E-state index is 0. The van der Waals surface area contributed by atoms with Crippen molar-refractivity contribution >= 4 is 29.1 Å². The lowest BCUT2D eigenvalue weighted by Crippen LogP contribution is -3.00. The number of rotatable bonds is 9. The standard InChI is InChI=1S/C29H32O2P.BrH/c1-24(14-13-15-25(2)29(30)31-3)22-23-32(26-16-7-4-8-17-26,27-18-9-5-10-19-27)28-20-11-6-12-21-28;/h4-12,15-22H,13-14,23H2,1-3H3;1H/q+1;/p-1/b24-22+,25-15+;. The Hall–Kier alpha value is -2.48. The van der Waals surface area contributed by atoms with Crippen LogP contribution in [0.25, 0.3) is 0 Å². The second kappa shape index (κ2) is 13.3. The van der Waals surface area contributed by atoms with Crippen molar-refractivity contribution < 1.29 is 26.5 Å². The first-order valence-corrected chi connectivity index (χ1v) is 13.0. The number of hydrogen-bond donors (Lipinski definition) is 0. The minimum atomic E-state index is -1.84. The van der Waals surface area contributed by atoms with Crippen molar-refractivity contribution in [2.24, 2.45) is 0 Å². The molecule has 0 bridgehead atoms. The molecule has 0 fully saturated rings. The number of ether oxygens (including phenoxy) is 1. The minimum Gasteiger partial charge on any atom is -1.00 e. The molecule has 0 atom stereocenters. The number of hydrogen-bond acceptors (Lipinski definition) is 2. The topological polar surface area (TPSA) is 26.3 Å². The Bertz CT molecular complexity index is 964. The predicted molar refractivity (Wildman–Crippen MR) is 139 cm³/mol. The summed E-state index contributed by atoms with van der Waals surface area (Å²) in [4.78, 5) is 11.6. The van der Waals surface area contributed by atoms with E-state index in [1.54, 1.807) is 0 Å². The number of halogens is 1. The van der Waals surface area contributed by atoms with E-state index < -0.39 is 7.26 Å². The normalized spacial score (nSPS) is 12.1. The lowest BCUT2D eigenvalue weighted by Gasteiger charge is -2.27. The van der Waals surface area contributed by atoms with E-state index in [2.05, 4.69) is 104 Å². The van der Waals surface area contributed by atoms with Gasteiger partial charge in [0.2, 0.25) is 0 Å². The van der Waals surface area contributed by atoms with Gasteiger partial charge in [0.05, 0.1) is 13.3 Å². The van der Waals surface area contributed by atoms with Crippen LogP contribution in [0.5, 0.6) is 0 Å². The molecule has 3 rings (SSSR count). The van der Waals surface area contributed by atoms with Crippen LogP contribution in [0.3, 0.4) is 0 Å². The molecule has 0 radical (unpaired) electrons. The second-order valence-corrected chi connectivity index (χ2v) is 11.5. The summed E-state index contributed by atoms with van der Waals surface area (Å²) in [6, 6.07) is 32.8. The SMILES string of the molecule is COC(=O)/C(C)=C/CC/C(C)=C/C[P+](c1ccccc1)(c1ccccc1)c1ccccc1.[Br-]. The lowest BCUT2D eigenvalue weighted by molar-refractivity contribution is -0.136. The van der Waals surface area contributed by atoms with Crippen LogP contribution in [-0.2, 0) is 9.53 Å². The third-order valence-electron chi connectivity index (χ3n) is 5.80. The van der Waals surface area contributed by atoms with E-state index in [1.807, 2.05) is 13.0 Å². The van der Waals surface area contributed by atoms with Gasteiger partial charge in [-0.1, -0.05) is 66.2 Å². The van der Waals surface area contributed by atoms with Gasteiger partial charge in [0.15, 0.2) is 0 Å². The molecule has 3 aromatic carbocycles. The number of benzene rings is 3. The molecule has 0 amide bonds. The highest BCUT2D eigenvalue weighted by atomic mass is 79.9. The van der Waals surface area contributed by atoms with Crippen LogP contribution in [0.2, 0.25) is 0 Å². The van der Waals surface area contributed by atoms with E-state index in [0.29, 0.717) is 5.57 Å². The highest BCUT2D eigenvalue weighted by Crippen LogP contribution is 2.55. The van der Waals surface area contributed by atoms with Crippen LogP contribution < -0.4 is 32.9 Å². The lowest BCUT2D eigenvalue weighted by atomic mass is 10.1. The monoisotopic (exact) mass is 522 g/mol. The maximum Gasteiger partial charge on any atom is 0.333 e. The van der Waals surface area contributed by atoms with Crippen LogP contribution in [0.1, 0.15) is 26.7 Å². The number of methoxy groups -OCH3 is 1. The van der Waals surface area contributed by atoms with Gasteiger partial charge in [-0.15, -0.1) is 0 Å². The van der Waals surface area contributed by atoms with Crippen molar-refractivity contribution in [2.75, 3.05) is 13.3 Å². The van der Waals surface area contributed by atoms with E-state index in [4.69, 9.17) is 4.74 Å². The highest BCUT2D eigenvalue weighted by Gasteiger charge is 2.44. The van der Waals surface area contributed by atoms with Gasteiger partial charge in [0.1, 0.15) is 23.2 Å². The van der Waals surface area contributed by atoms with Gasteiger partial charge in [-0.3, -0.25) is 0 Å². The molecule has 0 heterocycles. The van der Waals surface area contributed by atoms with Crippen LogP contribution in [-0.4, -0.2) is 19.2 Å². The van der Waals surface area contributed by atoms with Crippen molar-refractivity contribution in [3.63, 3.8) is 0 Å². The Morgan fingerprint density at radius 3 is 1.58 bits per heavy atom. The van der Waals surface area contributed by atoms with Gasteiger partial charge in [-0.25, -0.2) is 4.79 Å². The zero-order valence-corrected chi connectivity index (χ0v) is 22.1. The molecule has 0 aliphatic carbocycles. The summed E-state index contributed by atoms with van der Waals surface area (Å²) >= 11 is 0. The molecule has 2 nitrogen and oxygen atoms in total. The number of allylic oxidation sites excluding steroid dienone is 3. The summed E-state index contributed by atoms with van der Waals surface area (Å²) in [5.41, 5.74) is 2.01. The molecule has 3 aromatic rings. The summed E-state index contributed by atoms with van der Waals surface area (Å²) in [7, 11) is -0.423. The summed E-state index contributed by atoms with van der Waals surface area (Å²) < 4.78 is 4.79. The van der Waals surface area contributed by atoms with Gasteiger partial charge < -0.3 is 21.7 Å². The Morgan fingerprint density at radius 1 is 0.758 bits per heavy atom. The molecular weight excluding hydrogens is 491 g/mol. The molecule has 0 spiro atoms. The fourth-order valence-electron chi connectivity index (χ4n) is 3.97. The average Bonchev–Trinajstić information content (AvgIpc) is 2.86. The predicted octanol–water partition coefficient (Wildman–Crippen LogP) is 2.83. The third-order valence-corrected chi connectivity index (χ3v) is 10.1. The first kappa shape index (κ1) is 26.8. The quantitative estimate of drug-likeness (QED) is 0.187. The summed E-state index contributed by atoms with van der Waals surface area (Å²) in [5.74, 6) is -0.256. The first-order valence-electron chi connectivity index (χ1n) is 11.0. The van der Waals surface area contributed by atoms with Crippen molar-refractivity contribution in [1.29, 1.82) is 0 Å². The van der Waals surface area contributed by atoms with Crippen molar-refractivity contribution in [3.8, 4) is 0 Å². The molecule has 0 saturated carbocycles. The number of esters is 1. The molecule has 0 N–H and O–H groups in total. The Labute approximate surface area is 209 Å². The highest BCUT2D eigenvalue weighted by molar-refractivity contribution is 7.95. The summed E-state index contributed by atoms with van der Waals surface area (Å²) in [6.45, 7) is 4.00. The van der Waals surface area contributed by atoms with Crippen LogP contribution in [0, 0.1) is 0 Å². The molecule has 0 aliphatic heterocycles. The van der Waals surface area contributed by atoms with E-state index >= 15 is 0 Å². The second-order valence-electron chi connectivity index (χ2n) is 7.97. The Balaban J connectivity index is 0.00000385. The summed E-state index contributed by atoms with van der Waals surface area (Å²) in [6.07, 6.45) is 7.10. The largest absolute Gasteiger partial charge is 1.00 e. The van der Waals surface area contributed by atoms with Crippen LogP contribution >= 0.6 is 7.26 Å². The Kier molecular flexibility index (Phi) is 10.8. The fourth-order valence-corrected chi connectivity index (χ4v) is 8.12. The fraction of sp³-hybridized carbons (Fsp3) is 0.207. The molecule has 0 aromatic heterocycles. The van der Waals surface area contributed by atoms with Gasteiger partial charge in [0.25, 0.3) is 0 Å². The maximum absolute atomic E-state index is 11.6. The van der Waals surface area contributed by atoms with Gasteiger partial charge in [-0.05, 0) is 69.2 Å². The smallest absolute Gasteiger partial charge is 0.333 e. The molecule has 0 aliphatic rings. The molecule has 172 valence electrons. The van der Waals surface area contributed by atoms with Crippen molar-refractivity contribution in [2.45, 2.75) is 26.7 Å². The zero-order valence-electron chi connectivity index (χ0n) is 19.6. The molecule has 0 saturated heterocycles. The van der Waals surface area contributed by atoms with Gasteiger partial charge in [0, 0.05) is 5.57 Å².